The molecule has 2 aliphatic rings. The number of fused-ring (bicyclic) bond motifs is 1. The molecule has 0 spiro atoms. The maximum atomic E-state index is 4.82. The van der Waals surface area contributed by atoms with Crippen molar-refractivity contribution in [3.8, 4) is 0 Å². The van der Waals surface area contributed by atoms with Gasteiger partial charge in [0.25, 0.3) is 0 Å². The topological polar surface area (TPSA) is 37.6 Å². The van der Waals surface area contributed by atoms with E-state index in [2.05, 4.69) is 80.5 Å². The number of azo groups is 1. The van der Waals surface area contributed by atoms with Crippen LogP contribution in [-0.4, -0.2) is 12.0 Å². The first-order chi connectivity index (χ1) is 13.5. The summed E-state index contributed by atoms with van der Waals surface area (Å²) in [6.07, 6.45) is 8.75. The van der Waals surface area contributed by atoms with Crippen LogP contribution < -0.4 is 0 Å². The maximum absolute atomic E-state index is 4.82. The summed E-state index contributed by atoms with van der Waals surface area (Å²) in [6.45, 7) is 8.86. The molecule has 0 amide bonds. The van der Waals surface area contributed by atoms with E-state index in [1.807, 2.05) is 0 Å². The van der Waals surface area contributed by atoms with Gasteiger partial charge in [0.2, 0.25) is 0 Å². The molecule has 1 atom stereocenters. The standard InChI is InChI=1S/C25H27N3/c1-15-10-17(3)25(18(4)11-15)20-13-22-21(7-9-24(22)27-14-20)19-6-8-23(28-26-5)16(2)12-19/h6-8,10,12-15H,9,11H2,1-5H3. The van der Waals surface area contributed by atoms with Gasteiger partial charge in [-0.15, -0.1) is 0 Å². The number of hydrogen-bond acceptors (Lipinski definition) is 3. The zero-order valence-corrected chi connectivity index (χ0v) is 17.4. The van der Waals surface area contributed by atoms with Gasteiger partial charge in [-0.2, -0.15) is 10.2 Å². The Labute approximate surface area is 167 Å². The van der Waals surface area contributed by atoms with Crippen molar-refractivity contribution in [2.75, 3.05) is 7.05 Å². The maximum Gasteiger partial charge on any atom is 0.0881 e. The molecule has 0 aliphatic heterocycles. The summed E-state index contributed by atoms with van der Waals surface area (Å²) in [5.74, 6) is 0.614. The van der Waals surface area contributed by atoms with Gasteiger partial charge in [0.05, 0.1) is 11.4 Å². The number of aryl methyl sites for hydroxylation is 1. The molecule has 0 saturated heterocycles. The Hall–Kier alpha value is -2.81. The third-order valence-corrected chi connectivity index (χ3v) is 5.75. The highest BCUT2D eigenvalue weighted by atomic mass is 15.1. The van der Waals surface area contributed by atoms with Crippen molar-refractivity contribution in [2.24, 2.45) is 16.1 Å². The Balaban J connectivity index is 1.75. The van der Waals surface area contributed by atoms with Gasteiger partial charge in [0.15, 0.2) is 0 Å². The van der Waals surface area contributed by atoms with Crippen molar-refractivity contribution in [1.82, 2.24) is 4.98 Å². The second-order valence-electron chi connectivity index (χ2n) is 8.03. The van der Waals surface area contributed by atoms with E-state index in [1.54, 1.807) is 7.05 Å². The lowest BCUT2D eigenvalue weighted by atomic mass is 9.83. The van der Waals surface area contributed by atoms with Gasteiger partial charge in [-0.3, -0.25) is 4.98 Å². The number of pyridine rings is 1. The van der Waals surface area contributed by atoms with E-state index >= 15 is 0 Å². The minimum atomic E-state index is 0.614. The monoisotopic (exact) mass is 369 g/mol. The van der Waals surface area contributed by atoms with E-state index in [1.165, 1.54) is 39.0 Å². The van der Waals surface area contributed by atoms with E-state index in [0.717, 1.165) is 29.8 Å². The van der Waals surface area contributed by atoms with Crippen LogP contribution in [0.5, 0.6) is 0 Å². The van der Waals surface area contributed by atoms with Gasteiger partial charge in [-0.25, -0.2) is 0 Å². The Kier molecular flexibility index (Phi) is 4.84. The fraction of sp³-hybridized carbons (Fsp3) is 0.320. The van der Waals surface area contributed by atoms with E-state index in [-0.39, 0.29) is 0 Å². The van der Waals surface area contributed by atoms with Gasteiger partial charge in [-0.1, -0.05) is 30.7 Å². The predicted molar refractivity (Wildman–Crippen MR) is 117 cm³/mol. The van der Waals surface area contributed by atoms with Crippen molar-refractivity contribution in [2.45, 2.75) is 40.5 Å². The van der Waals surface area contributed by atoms with E-state index in [9.17, 15) is 0 Å². The molecule has 28 heavy (non-hydrogen) atoms. The average Bonchev–Trinajstić information content (AvgIpc) is 3.06. The number of allylic oxidation sites excluding steroid dienone is 5. The van der Waals surface area contributed by atoms with Crippen LogP contribution in [0.25, 0.3) is 11.1 Å². The molecular weight excluding hydrogens is 342 g/mol. The van der Waals surface area contributed by atoms with Gasteiger partial charge in [0, 0.05) is 30.8 Å². The fourth-order valence-corrected chi connectivity index (χ4v) is 4.62. The van der Waals surface area contributed by atoms with E-state index < -0.39 is 0 Å². The Morgan fingerprint density at radius 3 is 2.61 bits per heavy atom. The van der Waals surface area contributed by atoms with Gasteiger partial charge >= 0.3 is 0 Å². The van der Waals surface area contributed by atoms with Gasteiger partial charge < -0.3 is 0 Å². The number of rotatable bonds is 3. The highest BCUT2D eigenvalue weighted by molar-refractivity contribution is 5.88. The molecule has 142 valence electrons. The van der Waals surface area contributed by atoms with Gasteiger partial charge in [0.1, 0.15) is 0 Å². The van der Waals surface area contributed by atoms with Crippen molar-refractivity contribution in [1.29, 1.82) is 0 Å². The van der Waals surface area contributed by atoms with Crippen molar-refractivity contribution in [3.05, 3.63) is 81.7 Å². The summed E-state index contributed by atoms with van der Waals surface area (Å²) >= 11 is 0. The van der Waals surface area contributed by atoms with E-state index in [0.29, 0.717) is 5.92 Å². The van der Waals surface area contributed by atoms with Crippen LogP contribution in [0, 0.1) is 12.8 Å². The van der Waals surface area contributed by atoms with E-state index in [4.69, 9.17) is 4.98 Å². The van der Waals surface area contributed by atoms with Crippen LogP contribution in [0.4, 0.5) is 5.69 Å². The SMILES string of the molecule is CN=Nc1ccc(C2=CCc3ncc(C4=C(C)CC(C)C=C4C)cc32)cc1C. The smallest absolute Gasteiger partial charge is 0.0881 e. The Morgan fingerprint density at radius 1 is 1.07 bits per heavy atom. The number of aromatic nitrogens is 1. The third-order valence-electron chi connectivity index (χ3n) is 5.75. The minimum absolute atomic E-state index is 0.614. The molecule has 1 aromatic carbocycles. The van der Waals surface area contributed by atoms with Gasteiger partial charge in [-0.05, 0) is 79.2 Å². The molecule has 1 heterocycles. The lowest BCUT2D eigenvalue weighted by Crippen LogP contribution is -2.05. The molecule has 4 rings (SSSR count). The normalized spacial score (nSPS) is 19.1. The number of nitrogens with zero attached hydrogens (tertiary/aromatic N) is 3. The molecule has 0 N–H and O–H groups in total. The quantitative estimate of drug-likeness (QED) is 0.545. The second kappa shape index (κ2) is 7.31. The second-order valence-corrected chi connectivity index (χ2v) is 8.03. The van der Waals surface area contributed by atoms with Crippen LogP contribution in [-0.2, 0) is 6.42 Å². The molecule has 0 fully saturated rings. The van der Waals surface area contributed by atoms with Crippen molar-refractivity contribution in [3.63, 3.8) is 0 Å². The summed E-state index contributed by atoms with van der Waals surface area (Å²) in [7, 11) is 1.70. The van der Waals surface area contributed by atoms with Crippen LogP contribution in [0.15, 0.2) is 64.0 Å². The predicted octanol–water partition coefficient (Wildman–Crippen LogP) is 6.85. The molecule has 0 bridgehead atoms. The first kappa shape index (κ1) is 18.5. The van der Waals surface area contributed by atoms with Crippen LogP contribution >= 0.6 is 0 Å². The van der Waals surface area contributed by atoms with Crippen molar-refractivity contribution < 1.29 is 0 Å². The van der Waals surface area contributed by atoms with Crippen LogP contribution in [0.1, 0.15) is 55.1 Å². The summed E-state index contributed by atoms with van der Waals surface area (Å²) in [5, 5.41) is 8.10. The Bertz CT molecular complexity index is 1070. The lowest BCUT2D eigenvalue weighted by Gasteiger charge is -2.22. The first-order valence-electron chi connectivity index (χ1n) is 9.97. The summed E-state index contributed by atoms with van der Waals surface area (Å²) in [6, 6.07) is 8.73. The molecule has 3 nitrogen and oxygen atoms in total. The molecule has 1 aromatic heterocycles. The third kappa shape index (κ3) is 3.26. The van der Waals surface area contributed by atoms with Crippen molar-refractivity contribution >= 4 is 16.8 Å². The first-order valence-corrected chi connectivity index (χ1v) is 9.97. The molecule has 3 heteroatoms. The van der Waals surface area contributed by atoms with Crippen LogP contribution in [0.2, 0.25) is 0 Å². The molecule has 2 aliphatic carbocycles. The van der Waals surface area contributed by atoms with Crippen LogP contribution in [0.3, 0.4) is 0 Å². The molecule has 0 radical (unpaired) electrons. The zero-order valence-electron chi connectivity index (χ0n) is 17.4. The summed E-state index contributed by atoms with van der Waals surface area (Å²) < 4.78 is 0. The fourth-order valence-electron chi connectivity index (χ4n) is 4.62. The zero-order chi connectivity index (χ0) is 19.8. The molecule has 0 saturated carbocycles. The number of hydrogen-bond donors (Lipinski definition) is 0. The lowest BCUT2D eigenvalue weighted by molar-refractivity contribution is 0.703. The molecular formula is C25H27N3. The highest BCUT2D eigenvalue weighted by Crippen LogP contribution is 2.39. The number of benzene rings is 1. The molecule has 1 unspecified atom stereocenters. The summed E-state index contributed by atoms with van der Waals surface area (Å²) in [5.41, 5.74) is 12.4. The molecule has 2 aromatic rings. The highest BCUT2D eigenvalue weighted by Gasteiger charge is 2.21. The Morgan fingerprint density at radius 2 is 1.89 bits per heavy atom. The average molecular weight is 370 g/mol. The summed E-state index contributed by atoms with van der Waals surface area (Å²) in [4.78, 5) is 4.82. The minimum Gasteiger partial charge on any atom is -0.260 e. The largest absolute Gasteiger partial charge is 0.260 e.